The Morgan fingerprint density at radius 2 is 2.10 bits per heavy atom. The highest BCUT2D eigenvalue weighted by Gasteiger charge is 2.36. The summed E-state index contributed by atoms with van der Waals surface area (Å²) in [4.78, 5) is 13.6. The molecular weight excluding hydrogens is 292 g/mol. The molecule has 1 saturated heterocycles. The Kier molecular flexibility index (Phi) is 3.28. The van der Waals surface area contributed by atoms with Gasteiger partial charge in [-0.05, 0) is 39.0 Å². The number of hydrogen-bond donors (Lipinski definition) is 0. The number of aromatic nitrogens is 3. The van der Waals surface area contributed by atoms with Crippen molar-refractivity contribution in [2.24, 2.45) is 0 Å². The molecule has 1 aromatic carbocycles. The molecule has 0 aliphatic carbocycles. The number of rotatable bonds is 1. The summed E-state index contributed by atoms with van der Waals surface area (Å²) >= 11 is 5.94. The van der Waals surface area contributed by atoms with Gasteiger partial charge < -0.3 is 9.64 Å². The first-order valence-electron chi connectivity index (χ1n) is 6.82. The van der Waals surface area contributed by atoms with Crippen LogP contribution in [-0.2, 0) is 4.74 Å². The van der Waals surface area contributed by atoms with Crippen LogP contribution in [0.15, 0.2) is 18.2 Å². The molecule has 0 spiro atoms. The second-order valence-corrected chi connectivity index (χ2v) is 6.64. The monoisotopic (exact) mass is 308 g/mol. The van der Waals surface area contributed by atoms with E-state index in [2.05, 4.69) is 10.3 Å². The van der Waals surface area contributed by atoms with Crippen LogP contribution < -0.4 is 0 Å². The molecule has 0 unspecified atom stereocenters. The van der Waals surface area contributed by atoms with Gasteiger partial charge in [0.2, 0.25) is 0 Å². The maximum Gasteiger partial charge on any atom is 0.410 e. The minimum Gasteiger partial charge on any atom is -0.444 e. The molecule has 7 heteroatoms. The first-order valence-corrected chi connectivity index (χ1v) is 7.20. The van der Waals surface area contributed by atoms with Crippen LogP contribution in [0.2, 0.25) is 5.02 Å². The highest BCUT2D eigenvalue weighted by Crippen LogP contribution is 2.27. The molecule has 0 bridgehead atoms. The van der Waals surface area contributed by atoms with Gasteiger partial charge in [0.25, 0.3) is 0 Å². The van der Waals surface area contributed by atoms with Gasteiger partial charge in [-0.1, -0.05) is 16.8 Å². The standard InChI is InChI=1S/C14H17ClN4O2/c1-14(2,3)21-13(20)18-7-10(8-18)19-12-5-4-9(15)6-11(12)16-17-19/h4-6,10H,7-8H2,1-3H3. The lowest BCUT2D eigenvalue weighted by molar-refractivity contribution is -0.0000714. The Hall–Kier alpha value is -1.82. The van der Waals surface area contributed by atoms with Gasteiger partial charge in [0, 0.05) is 18.1 Å². The Labute approximate surface area is 127 Å². The number of carbonyl (C=O) groups excluding carboxylic acids is 1. The zero-order valence-corrected chi connectivity index (χ0v) is 13.0. The second-order valence-electron chi connectivity index (χ2n) is 6.21. The molecule has 1 aliphatic rings. The van der Waals surface area contributed by atoms with E-state index in [1.165, 1.54) is 0 Å². The number of hydrogen-bond acceptors (Lipinski definition) is 4. The van der Waals surface area contributed by atoms with Crippen molar-refractivity contribution in [2.45, 2.75) is 32.4 Å². The number of likely N-dealkylation sites (tertiary alicyclic amines) is 1. The molecule has 1 aromatic heterocycles. The Bertz CT molecular complexity index is 686. The Balaban J connectivity index is 1.69. The van der Waals surface area contributed by atoms with Crippen LogP contribution in [0.25, 0.3) is 11.0 Å². The quantitative estimate of drug-likeness (QED) is 0.812. The number of carbonyl (C=O) groups is 1. The number of ether oxygens (including phenoxy) is 1. The fourth-order valence-corrected chi connectivity index (χ4v) is 2.44. The third-order valence-corrected chi connectivity index (χ3v) is 3.53. The smallest absolute Gasteiger partial charge is 0.410 e. The van der Waals surface area contributed by atoms with E-state index in [-0.39, 0.29) is 12.1 Å². The van der Waals surface area contributed by atoms with Gasteiger partial charge in [-0.15, -0.1) is 5.10 Å². The van der Waals surface area contributed by atoms with Crippen molar-refractivity contribution in [3.8, 4) is 0 Å². The lowest BCUT2D eigenvalue weighted by atomic mass is 10.1. The van der Waals surface area contributed by atoms with Gasteiger partial charge >= 0.3 is 6.09 Å². The summed E-state index contributed by atoms with van der Waals surface area (Å²) < 4.78 is 7.17. The lowest BCUT2D eigenvalue weighted by Gasteiger charge is -2.39. The minimum atomic E-state index is -0.473. The summed E-state index contributed by atoms with van der Waals surface area (Å²) in [7, 11) is 0. The van der Waals surface area contributed by atoms with Gasteiger partial charge in [0.05, 0.1) is 11.6 Å². The van der Waals surface area contributed by atoms with Crippen LogP contribution in [0.4, 0.5) is 4.79 Å². The van der Waals surface area contributed by atoms with E-state index in [1.54, 1.807) is 11.0 Å². The van der Waals surface area contributed by atoms with Crippen molar-refractivity contribution in [1.82, 2.24) is 19.9 Å². The molecule has 0 radical (unpaired) electrons. The number of halogens is 1. The molecule has 2 aromatic rings. The summed E-state index contributed by atoms with van der Waals surface area (Å²) in [5.41, 5.74) is 1.21. The van der Waals surface area contributed by atoms with Gasteiger partial charge in [-0.25, -0.2) is 9.48 Å². The number of nitrogens with zero attached hydrogens (tertiary/aromatic N) is 4. The fraction of sp³-hybridized carbons (Fsp3) is 0.500. The normalized spacial score (nSPS) is 16.1. The average Bonchev–Trinajstić information content (AvgIpc) is 2.67. The third-order valence-electron chi connectivity index (χ3n) is 3.29. The van der Waals surface area contributed by atoms with E-state index < -0.39 is 5.60 Å². The predicted molar refractivity (Wildman–Crippen MR) is 79.4 cm³/mol. The van der Waals surface area contributed by atoms with Crippen molar-refractivity contribution in [2.75, 3.05) is 13.1 Å². The fourth-order valence-electron chi connectivity index (χ4n) is 2.27. The molecule has 21 heavy (non-hydrogen) atoms. The van der Waals surface area contributed by atoms with Gasteiger partial charge in [0.1, 0.15) is 11.1 Å². The maximum atomic E-state index is 11.9. The van der Waals surface area contributed by atoms with Crippen LogP contribution in [0.1, 0.15) is 26.8 Å². The molecule has 0 saturated carbocycles. The molecule has 0 atom stereocenters. The van der Waals surface area contributed by atoms with E-state index in [4.69, 9.17) is 16.3 Å². The molecule has 1 fully saturated rings. The molecule has 0 N–H and O–H groups in total. The van der Waals surface area contributed by atoms with Gasteiger partial charge in [0.15, 0.2) is 0 Å². The number of benzene rings is 1. The number of fused-ring (bicyclic) bond motifs is 1. The zero-order valence-electron chi connectivity index (χ0n) is 12.2. The van der Waals surface area contributed by atoms with Gasteiger partial charge in [-0.2, -0.15) is 0 Å². The summed E-state index contributed by atoms with van der Waals surface area (Å²) in [5.74, 6) is 0. The van der Waals surface area contributed by atoms with Crippen LogP contribution in [0.3, 0.4) is 0 Å². The first kappa shape index (κ1) is 14.1. The molecule has 112 valence electrons. The summed E-state index contributed by atoms with van der Waals surface area (Å²) in [6.07, 6.45) is -0.286. The minimum absolute atomic E-state index is 0.128. The topological polar surface area (TPSA) is 60.2 Å². The van der Waals surface area contributed by atoms with Crippen molar-refractivity contribution in [3.05, 3.63) is 23.2 Å². The molecule has 1 amide bonds. The average molecular weight is 309 g/mol. The SMILES string of the molecule is CC(C)(C)OC(=O)N1CC(n2nnc3cc(Cl)ccc32)C1. The van der Waals surface area contributed by atoms with Crippen molar-refractivity contribution in [1.29, 1.82) is 0 Å². The zero-order chi connectivity index (χ0) is 15.2. The van der Waals surface area contributed by atoms with Crippen LogP contribution >= 0.6 is 11.6 Å². The molecule has 2 heterocycles. The van der Waals surface area contributed by atoms with Crippen LogP contribution in [0.5, 0.6) is 0 Å². The van der Waals surface area contributed by atoms with Crippen molar-refractivity contribution >= 4 is 28.7 Å². The number of amides is 1. The van der Waals surface area contributed by atoms with E-state index in [0.29, 0.717) is 18.1 Å². The summed E-state index contributed by atoms with van der Waals surface area (Å²) in [5, 5.41) is 8.90. The highest BCUT2D eigenvalue weighted by molar-refractivity contribution is 6.31. The van der Waals surface area contributed by atoms with E-state index in [9.17, 15) is 4.79 Å². The molecule has 1 aliphatic heterocycles. The lowest BCUT2D eigenvalue weighted by Crippen LogP contribution is -2.52. The van der Waals surface area contributed by atoms with Crippen LogP contribution in [0, 0.1) is 0 Å². The first-order chi connectivity index (χ1) is 9.83. The summed E-state index contributed by atoms with van der Waals surface area (Å²) in [6.45, 7) is 6.73. The van der Waals surface area contributed by atoms with Crippen LogP contribution in [-0.4, -0.2) is 44.7 Å². The van der Waals surface area contributed by atoms with E-state index >= 15 is 0 Å². The van der Waals surface area contributed by atoms with Gasteiger partial charge in [-0.3, -0.25) is 0 Å². The molecule has 3 rings (SSSR count). The van der Waals surface area contributed by atoms with Crippen molar-refractivity contribution in [3.63, 3.8) is 0 Å². The second kappa shape index (κ2) is 4.87. The Morgan fingerprint density at radius 1 is 1.38 bits per heavy atom. The maximum absolute atomic E-state index is 11.9. The van der Waals surface area contributed by atoms with E-state index in [1.807, 2.05) is 37.6 Å². The summed E-state index contributed by atoms with van der Waals surface area (Å²) in [6, 6.07) is 5.62. The largest absolute Gasteiger partial charge is 0.444 e. The highest BCUT2D eigenvalue weighted by atomic mass is 35.5. The van der Waals surface area contributed by atoms with E-state index in [0.717, 1.165) is 11.0 Å². The Morgan fingerprint density at radius 3 is 2.76 bits per heavy atom. The molecule has 6 nitrogen and oxygen atoms in total. The van der Waals surface area contributed by atoms with Crippen molar-refractivity contribution < 1.29 is 9.53 Å². The predicted octanol–water partition coefficient (Wildman–Crippen LogP) is 2.88. The third kappa shape index (κ3) is 2.81. The molecular formula is C14H17ClN4O2.